The first-order chi connectivity index (χ1) is 12.8. The largest absolute Gasteiger partial charge is 0.493 e. The molecule has 0 bridgehead atoms. The van der Waals surface area contributed by atoms with Gasteiger partial charge in [0.1, 0.15) is 5.82 Å². The van der Waals surface area contributed by atoms with Gasteiger partial charge in [-0.25, -0.2) is 9.97 Å². The summed E-state index contributed by atoms with van der Waals surface area (Å²) >= 11 is 0. The van der Waals surface area contributed by atoms with Crippen LogP contribution in [0.25, 0.3) is 22.3 Å². The summed E-state index contributed by atoms with van der Waals surface area (Å²) in [5.41, 5.74) is 1.89. The van der Waals surface area contributed by atoms with Crippen LogP contribution in [0.15, 0.2) is 42.5 Å². The number of hydrogen-bond acceptors (Lipinski definition) is 5. The Morgan fingerprint density at radius 2 is 1.54 bits per heavy atom. The smallest absolute Gasteiger partial charge is 0.162 e. The fraction of sp³-hybridized carbons (Fsp3) is 0.333. The number of aromatic nitrogens is 2. The molecule has 0 atom stereocenters. The van der Waals surface area contributed by atoms with Crippen molar-refractivity contribution in [1.29, 1.82) is 0 Å². The Bertz CT molecular complexity index is 906. The highest BCUT2D eigenvalue weighted by molar-refractivity contribution is 5.93. The Morgan fingerprint density at radius 3 is 2.23 bits per heavy atom. The number of ether oxygens (including phenoxy) is 2. The first-order valence-electron chi connectivity index (χ1n) is 9.04. The van der Waals surface area contributed by atoms with Crippen molar-refractivity contribution in [2.75, 3.05) is 32.2 Å². The van der Waals surface area contributed by atoms with E-state index in [1.807, 2.05) is 42.5 Å². The fourth-order valence-electron chi connectivity index (χ4n) is 3.50. The SMILES string of the molecule is COc1cc2nc(-c3ccccc3)nc(N3CCCCC3)c2cc1OC. The molecule has 3 aromatic rings. The van der Waals surface area contributed by atoms with Crippen LogP contribution in [0.5, 0.6) is 11.5 Å². The minimum absolute atomic E-state index is 0.683. The average Bonchev–Trinajstić information content (AvgIpc) is 2.73. The molecule has 0 N–H and O–H groups in total. The summed E-state index contributed by atoms with van der Waals surface area (Å²) < 4.78 is 11.0. The normalized spacial score (nSPS) is 14.5. The van der Waals surface area contributed by atoms with Crippen LogP contribution >= 0.6 is 0 Å². The van der Waals surface area contributed by atoms with Crippen LogP contribution in [-0.4, -0.2) is 37.3 Å². The zero-order valence-electron chi connectivity index (χ0n) is 15.2. The maximum atomic E-state index is 5.50. The fourth-order valence-corrected chi connectivity index (χ4v) is 3.50. The average molecular weight is 349 g/mol. The Kier molecular flexibility index (Phi) is 4.61. The lowest BCUT2D eigenvalue weighted by Crippen LogP contribution is -2.30. The Labute approximate surface area is 153 Å². The number of nitrogens with zero attached hydrogens (tertiary/aromatic N) is 3. The van der Waals surface area contributed by atoms with Crippen molar-refractivity contribution in [1.82, 2.24) is 9.97 Å². The van der Waals surface area contributed by atoms with E-state index in [4.69, 9.17) is 19.4 Å². The molecule has 1 fully saturated rings. The second kappa shape index (κ2) is 7.20. The van der Waals surface area contributed by atoms with Gasteiger partial charge in [0.15, 0.2) is 17.3 Å². The molecule has 1 aliphatic rings. The Hall–Kier alpha value is -2.82. The number of benzene rings is 2. The maximum absolute atomic E-state index is 5.50. The molecule has 5 heteroatoms. The molecule has 2 aromatic carbocycles. The van der Waals surface area contributed by atoms with Crippen LogP contribution in [-0.2, 0) is 0 Å². The molecular formula is C21H23N3O2. The molecule has 134 valence electrons. The van der Waals surface area contributed by atoms with Crippen molar-refractivity contribution in [3.63, 3.8) is 0 Å². The second-order valence-electron chi connectivity index (χ2n) is 6.51. The molecule has 0 aliphatic carbocycles. The van der Waals surface area contributed by atoms with Gasteiger partial charge in [-0.2, -0.15) is 0 Å². The molecule has 1 aliphatic heterocycles. The van der Waals surface area contributed by atoms with Crippen molar-refractivity contribution in [3.8, 4) is 22.9 Å². The highest BCUT2D eigenvalue weighted by atomic mass is 16.5. The summed E-state index contributed by atoms with van der Waals surface area (Å²) in [4.78, 5) is 12.1. The molecule has 0 saturated carbocycles. The number of rotatable bonds is 4. The van der Waals surface area contributed by atoms with Crippen LogP contribution in [0.4, 0.5) is 5.82 Å². The first-order valence-corrected chi connectivity index (χ1v) is 9.04. The zero-order chi connectivity index (χ0) is 17.9. The highest BCUT2D eigenvalue weighted by Gasteiger charge is 2.19. The lowest BCUT2D eigenvalue weighted by molar-refractivity contribution is 0.356. The molecule has 2 heterocycles. The maximum Gasteiger partial charge on any atom is 0.162 e. The third-order valence-electron chi connectivity index (χ3n) is 4.87. The van der Waals surface area contributed by atoms with E-state index in [1.165, 1.54) is 19.3 Å². The van der Waals surface area contributed by atoms with E-state index in [-0.39, 0.29) is 0 Å². The minimum atomic E-state index is 0.683. The van der Waals surface area contributed by atoms with E-state index >= 15 is 0 Å². The van der Waals surface area contributed by atoms with Crippen LogP contribution in [0, 0.1) is 0 Å². The van der Waals surface area contributed by atoms with Gasteiger partial charge in [0.2, 0.25) is 0 Å². The molecule has 5 nitrogen and oxygen atoms in total. The minimum Gasteiger partial charge on any atom is -0.493 e. The number of piperidine rings is 1. The van der Waals surface area contributed by atoms with Gasteiger partial charge in [0, 0.05) is 30.1 Å². The standard InChI is InChI=1S/C21H23N3O2/c1-25-18-13-16-17(14-19(18)26-2)22-20(15-9-5-3-6-10-15)23-21(16)24-11-7-4-8-12-24/h3,5-6,9-10,13-14H,4,7-8,11-12H2,1-2H3. The monoisotopic (exact) mass is 349 g/mol. The molecule has 1 aromatic heterocycles. The molecule has 1 saturated heterocycles. The lowest BCUT2D eigenvalue weighted by Gasteiger charge is -2.29. The topological polar surface area (TPSA) is 47.5 Å². The predicted molar refractivity (Wildman–Crippen MR) is 104 cm³/mol. The molecule has 0 spiro atoms. The third kappa shape index (κ3) is 3.05. The molecule has 0 amide bonds. The van der Waals surface area contributed by atoms with Crippen molar-refractivity contribution >= 4 is 16.7 Å². The molecular weight excluding hydrogens is 326 g/mol. The molecule has 4 rings (SSSR count). The quantitative estimate of drug-likeness (QED) is 0.703. The lowest BCUT2D eigenvalue weighted by atomic mass is 10.1. The number of anilines is 1. The van der Waals surface area contributed by atoms with Gasteiger partial charge in [-0.1, -0.05) is 30.3 Å². The van der Waals surface area contributed by atoms with Gasteiger partial charge < -0.3 is 14.4 Å². The molecule has 0 unspecified atom stereocenters. The summed E-state index contributed by atoms with van der Waals surface area (Å²) in [7, 11) is 3.30. The first kappa shape index (κ1) is 16.6. The van der Waals surface area contributed by atoms with E-state index < -0.39 is 0 Å². The van der Waals surface area contributed by atoms with Gasteiger partial charge in [-0.15, -0.1) is 0 Å². The Morgan fingerprint density at radius 1 is 0.846 bits per heavy atom. The van der Waals surface area contributed by atoms with Gasteiger partial charge in [-0.05, 0) is 25.3 Å². The van der Waals surface area contributed by atoms with Crippen molar-refractivity contribution in [2.45, 2.75) is 19.3 Å². The molecule has 26 heavy (non-hydrogen) atoms. The van der Waals surface area contributed by atoms with E-state index in [2.05, 4.69) is 4.90 Å². The van der Waals surface area contributed by atoms with Crippen LogP contribution < -0.4 is 14.4 Å². The number of hydrogen-bond donors (Lipinski definition) is 0. The summed E-state index contributed by atoms with van der Waals surface area (Å²) in [6.45, 7) is 2.05. The summed E-state index contributed by atoms with van der Waals surface area (Å²) in [6, 6.07) is 14.0. The third-order valence-corrected chi connectivity index (χ3v) is 4.87. The number of fused-ring (bicyclic) bond motifs is 1. The summed E-state index contributed by atoms with van der Waals surface area (Å²) in [6.07, 6.45) is 3.67. The van der Waals surface area contributed by atoms with E-state index in [1.54, 1.807) is 14.2 Å². The van der Waals surface area contributed by atoms with Gasteiger partial charge in [0.25, 0.3) is 0 Å². The Balaban J connectivity index is 1.94. The van der Waals surface area contributed by atoms with Crippen LogP contribution in [0.3, 0.4) is 0 Å². The van der Waals surface area contributed by atoms with Gasteiger partial charge >= 0.3 is 0 Å². The zero-order valence-corrected chi connectivity index (χ0v) is 15.2. The van der Waals surface area contributed by atoms with Crippen molar-refractivity contribution < 1.29 is 9.47 Å². The van der Waals surface area contributed by atoms with Gasteiger partial charge in [0.05, 0.1) is 19.7 Å². The van der Waals surface area contributed by atoms with Crippen molar-refractivity contribution in [2.24, 2.45) is 0 Å². The van der Waals surface area contributed by atoms with E-state index in [9.17, 15) is 0 Å². The highest BCUT2D eigenvalue weighted by Crippen LogP contribution is 2.37. The summed E-state index contributed by atoms with van der Waals surface area (Å²) in [5, 5.41) is 1.00. The van der Waals surface area contributed by atoms with E-state index in [0.717, 1.165) is 41.2 Å². The summed E-state index contributed by atoms with van der Waals surface area (Å²) in [5.74, 6) is 3.11. The van der Waals surface area contributed by atoms with Crippen LogP contribution in [0.2, 0.25) is 0 Å². The van der Waals surface area contributed by atoms with Crippen LogP contribution in [0.1, 0.15) is 19.3 Å². The van der Waals surface area contributed by atoms with Crippen molar-refractivity contribution in [3.05, 3.63) is 42.5 Å². The second-order valence-corrected chi connectivity index (χ2v) is 6.51. The van der Waals surface area contributed by atoms with Gasteiger partial charge in [-0.3, -0.25) is 0 Å². The number of methoxy groups -OCH3 is 2. The van der Waals surface area contributed by atoms with E-state index in [0.29, 0.717) is 11.5 Å². The predicted octanol–water partition coefficient (Wildman–Crippen LogP) is 4.30. The molecule has 0 radical (unpaired) electrons.